The van der Waals surface area contributed by atoms with Gasteiger partial charge in [0.15, 0.2) is 0 Å². The van der Waals surface area contributed by atoms with Crippen LogP contribution in [0.15, 0.2) is 30.5 Å². The van der Waals surface area contributed by atoms with Crippen LogP contribution < -0.4 is 0 Å². The third kappa shape index (κ3) is 2.14. The topological polar surface area (TPSA) is 53.2 Å². The standard InChI is InChI=1S/C15H16N2O2/c18-10-12-4-3-7-17(12)15(19)8-11-9-16-14-6-2-1-5-13(11)14/h1-2,5-6,9-10,12,16H,3-4,7-8H2. The molecule has 1 aromatic carbocycles. The van der Waals surface area contributed by atoms with E-state index in [0.29, 0.717) is 13.0 Å². The number of aromatic amines is 1. The van der Waals surface area contributed by atoms with Gasteiger partial charge in [0, 0.05) is 23.6 Å². The van der Waals surface area contributed by atoms with Gasteiger partial charge >= 0.3 is 0 Å². The minimum atomic E-state index is -0.224. The molecule has 2 aromatic rings. The Morgan fingerprint density at radius 2 is 2.26 bits per heavy atom. The Morgan fingerprint density at radius 1 is 1.42 bits per heavy atom. The summed E-state index contributed by atoms with van der Waals surface area (Å²) in [5, 5.41) is 1.08. The van der Waals surface area contributed by atoms with Gasteiger partial charge in [-0.2, -0.15) is 0 Å². The molecule has 1 N–H and O–H groups in total. The molecule has 1 fully saturated rings. The molecule has 1 unspecified atom stereocenters. The second-order valence-corrected chi connectivity index (χ2v) is 4.97. The third-order valence-corrected chi connectivity index (χ3v) is 3.79. The van der Waals surface area contributed by atoms with Crippen LogP contribution in [0.4, 0.5) is 0 Å². The summed E-state index contributed by atoms with van der Waals surface area (Å²) in [6.07, 6.45) is 4.84. The van der Waals surface area contributed by atoms with Gasteiger partial charge < -0.3 is 14.7 Å². The number of H-pyrrole nitrogens is 1. The highest BCUT2D eigenvalue weighted by atomic mass is 16.2. The molecule has 98 valence electrons. The second kappa shape index (κ2) is 4.88. The smallest absolute Gasteiger partial charge is 0.227 e. The molecule has 0 saturated carbocycles. The van der Waals surface area contributed by atoms with Crippen LogP contribution in [0.25, 0.3) is 10.9 Å². The average Bonchev–Trinajstić information content (AvgIpc) is 3.05. The number of carbonyl (C=O) groups excluding carboxylic acids is 2. The van der Waals surface area contributed by atoms with Crippen LogP contribution in [0.5, 0.6) is 0 Å². The van der Waals surface area contributed by atoms with Crippen molar-refractivity contribution >= 4 is 23.1 Å². The largest absolute Gasteiger partial charge is 0.361 e. The minimum absolute atomic E-state index is 0.0411. The number of nitrogens with zero attached hydrogens (tertiary/aromatic N) is 1. The van der Waals surface area contributed by atoms with Crippen molar-refractivity contribution in [3.63, 3.8) is 0 Å². The molecule has 1 aromatic heterocycles. The molecule has 0 aliphatic carbocycles. The predicted molar refractivity (Wildman–Crippen MR) is 72.8 cm³/mol. The summed E-state index contributed by atoms with van der Waals surface area (Å²) >= 11 is 0. The first-order valence-corrected chi connectivity index (χ1v) is 6.59. The number of fused-ring (bicyclic) bond motifs is 1. The van der Waals surface area contributed by atoms with Crippen molar-refractivity contribution in [1.82, 2.24) is 9.88 Å². The Bertz CT molecular complexity index is 617. The van der Waals surface area contributed by atoms with Gasteiger partial charge in [-0.1, -0.05) is 18.2 Å². The summed E-state index contributed by atoms with van der Waals surface area (Å²) in [6.45, 7) is 0.699. The quantitative estimate of drug-likeness (QED) is 0.853. The van der Waals surface area contributed by atoms with E-state index in [2.05, 4.69) is 4.98 Å². The number of benzene rings is 1. The Labute approximate surface area is 111 Å². The lowest BCUT2D eigenvalue weighted by Crippen LogP contribution is -2.37. The lowest BCUT2D eigenvalue weighted by molar-refractivity contribution is -0.133. The molecule has 4 nitrogen and oxygen atoms in total. The van der Waals surface area contributed by atoms with Gasteiger partial charge in [0.1, 0.15) is 6.29 Å². The van der Waals surface area contributed by atoms with E-state index in [1.54, 1.807) is 4.90 Å². The molecule has 0 bridgehead atoms. The Balaban J connectivity index is 1.81. The SMILES string of the molecule is O=CC1CCCN1C(=O)Cc1c[nH]c2ccccc12. The van der Waals surface area contributed by atoms with E-state index in [1.807, 2.05) is 30.5 Å². The molecule has 19 heavy (non-hydrogen) atoms. The van der Waals surface area contributed by atoms with Crippen molar-refractivity contribution in [3.8, 4) is 0 Å². The highest BCUT2D eigenvalue weighted by Gasteiger charge is 2.28. The number of hydrogen-bond acceptors (Lipinski definition) is 2. The summed E-state index contributed by atoms with van der Waals surface area (Å²) in [4.78, 5) is 28.1. The monoisotopic (exact) mass is 256 g/mol. The number of likely N-dealkylation sites (tertiary alicyclic amines) is 1. The highest BCUT2D eigenvalue weighted by Crippen LogP contribution is 2.21. The van der Waals surface area contributed by atoms with Crippen molar-refractivity contribution in [3.05, 3.63) is 36.0 Å². The number of aromatic nitrogens is 1. The molecular weight excluding hydrogens is 240 g/mol. The number of hydrogen-bond donors (Lipinski definition) is 1. The molecule has 1 saturated heterocycles. The fourth-order valence-electron chi connectivity index (χ4n) is 2.79. The van der Waals surface area contributed by atoms with Crippen molar-refractivity contribution < 1.29 is 9.59 Å². The van der Waals surface area contributed by atoms with Crippen molar-refractivity contribution in [1.29, 1.82) is 0 Å². The number of nitrogens with one attached hydrogen (secondary N) is 1. The van der Waals surface area contributed by atoms with Gasteiger partial charge in [0.05, 0.1) is 12.5 Å². The van der Waals surface area contributed by atoms with E-state index in [0.717, 1.165) is 35.6 Å². The van der Waals surface area contributed by atoms with E-state index < -0.39 is 0 Å². The first kappa shape index (κ1) is 12.0. The van der Waals surface area contributed by atoms with E-state index >= 15 is 0 Å². The molecule has 0 spiro atoms. The van der Waals surface area contributed by atoms with Gasteiger partial charge in [0.2, 0.25) is 5.91 Å². The molecule has 0 radical (unpaired) electrons. The number of para-hydroxylation sites is 1. The Kier molecular flexibility index (Phi) is 3.07. The van der Waals surface area contributed by atoms with Crippen LogP contribution in [0.3, 0.4) is 0 Å². The maximum absolute atomic E-state index is 12.3. The summed E-state index contributed by atoms with van der Waals surface area (Å²) in [6, 6.07) is 7.71. The lowest BCUT2D eigenvalue weighted by Gasteiger charge is -2.20. The first-order chi connectivity index (χ1) is 9.29. The van der Waals surface area contributed by atoms with E-state index in [-0.39, 0.29) is 11.9 Å². The molecule has 4 heteroatoms. The highest BCUT2D eigenvalue weighted by molar-refractivity contribution is 5.89. The Morgan fingerprint density at radius 3 is 3.11 bits per heavy atom. The summed E-state index contributed by atoms with van der Waals surface area (Å²) in [5.74, 6) is 0.0411. The zero-order valence-corrected chi connectivity index (χ0v) is 10.6. The molecular formula is C15H16N2O2. The Hall–Kier alpha value is -2.10. The third-order valence-electron chi connectivity index (χ3n) is 3.79. The number of amides is 1. The minimum Gasteiger partial charge on any atom is -0.361 e. The summed E-state index contributed by atoms with van der Waals surface area (Å²) in [7, 11) is 0. The molecule has 2 heterocycles. The van der Waals surface area contributed by atoms with Gasteiger partial charge in [-0.3, -0.25) is 4.79 Å². The fourth-order valence-corrected chi connectivity index (χ4v) is 2.79. The van der Waals surface area contributed by atoms with Crippen LogP contribution >= 0.6 is 0 Å². The van der Waals surface area contributed by atoms with Gasteiger partial charge in [-0.15, -0.1) is 0 Å². The zero-order valence-electron chi connectivity index (χ0n) is 10.6. The summed E-state index contributed by atoms with van der Waals surface area (Å²) < 4.78 is 0. The molecule has 1 atom stereocenters. The number of carbonyl (C=O) groups is 2. The predicted octanol–water partition coefficient (Wildman–Crippen LogP) is 1.90. The maximum atomic E-state index is 12.3. The van der Waals surface area contributed by atoms with Crippen molar-refractivity contribution in [2.45, 2.75) is 25.3 Å². The number of aldehydes is 1. The molecule has 1 amide bonds. The molecule has 1 aliphatic rings. The number of rotatable bonds is 3. The van der Waals surface area contributed by atoms with Gasteiger partial charge in [-0.05, 0) is 24.5 Å². The van der Waals surface area contributed by atoms with Crippen LogP contribution in [0.2, 0.25) is 0 Å². The fraction of sp³-hybridized carbons (Fsp3) is 0.333. The van der Waals surface area contributed by atoms with E-state index in [1.165, 1.54) is 0 Å². The van der Waals surface area contributed by atoms with Crippen LogP contribution in [-0.4, -0.2) is 34.7 Å². The zero-order chi connectivity index (χ0) is 13.2. The average molecular weight is 256 g/mol. The molecule has 1 aliphatic heterocycles. The van der Waals surface area contributed by atoms with E-state index in [4.69, 9.17) is 0 Å². The van der Waals surface area contributed by atoms with Crippen molar-refractivity contribution in [2.24, 2.45) is 0 Å². The normalized spacial score (nSPS) is 18.9. The van der Waals surface area contributed by atoms with Gasteiger partial charge in [0.25, 0.3) is 0 Å². The second-order valence-electron chi connectivity index (χ2n) is 4.97. The van der Waals surface area contributed by atoms with E-state index in [9.17, 15) is 9.59 Å². The van der Waals surface area contributed by atoms with Crippen molar-refractivity contribution in [2.75, 3.05) is 6.54 Å². The van der Waals surface area contributed by atoms with Gasteiger partial charge in [-0.25, -0.2) is 0 Å². The summed E-state index contributed by atoms with van der Waals surface area (Å²) in [5.41, 5.74) is 2.04. The maximum Gasteiger partial charge on any atom is 0.227 e. The van der Waals surface area contributed by atoms with Crippen LogP contribution in [0.1, 0.15) is 18.4 Å². The lowest BCUT2D eigenvalue weighted by atomic mass is 10.1. The first-order valence-electron chi connectivity index (χ1n) is 6.59. The van der Waals surface area contributed by atoms with Crippen LogP contribution in [0, 0.1) is 0 Å². The molecule has 3 rings (SSSR count). The van der Waals surface area contributed by atoms with Crippen LogP contribution in [-0.2, 0) is 16.0 Å².